The monoisotopic (exact) mass is 527 g/mol. The van der Waals surface area contributed by atoms with Crippen LogP contribution in [-0.2, 0) is 19.1 Å². The molecule has 188 valence electrons. The summed E-state index contributed by atoms with van der Waals surface area (Å²) in [6.07, 6.45) is 6.84. The number of thiocarbonyl (C=S) groups is 1. The van der Waals surface area contributed by atoms with Crippen LogP contribution in [-0.4, -0.2) is 68.7 Å². The van der Waals surface area contributed by atoms with Crippen molar-refractivity contribution in [3.63, 3.8) is 0 Å². The number of hydrogen-bond acceptors (Lipinski definition) is 9. The van der Waals surface area contributed by atoms with Crippen LogP contribution in [0.5, 0.6) is 0 Å². The van der Waals surface area contributed by atoms with Crippen molar-refractivity contribution in [2.75, 3.05) is 25.1 Å². The molecule has 0 unspecified atom stereocenters. The highest BCUT2D eigenvalue weighted by Crippen LogP contribution is 2.38. The fraction of sp³-hybridized carbons (Fsp3) is 0.417. The Morgan fingerprint density at radius 3 is 2.81 bits per heavy atom. The molecule has 3 fully saturated rings. The minimum atomic E-state index is -0.913. The maximum atomic E-state index is 13.7. The molecule has 3 aliphatic rings. The molecule has 12 heteroatoms. The van der Waals surface area contributed by atoms with Crippen molar-refractivity contribution < 1.29 is 19.1 Å². The number of nitrogens with zero attached hydrogens (tertiary/aromatic N) is 4. The van der Waals surface area contributed by atoms with Gasteiger partial charge < -0.3 is 15.0 Å². The third-order valence-electron chi connectivity index (χ3n) is 6.73. The normalized spacial score (nSPS) is 22.1. The van der Waals surface area contributed by atoms with Crippen molar-refractivity contribution in [1.82, 2.24) is 19.6 Å². The summed E-state index contributed by atoms with van der Waals surface area (Å²) in [5.41, 5.74) is 0.163. The number of nitrogens with one attached hydrogen (secondary N) is 1. The molecule has 2 aromatic heterocycles. The summed E-state index contributed by atoms with van der Waals surface area (Å²) in [6, 6.07) is 4.33. The lowest BCUT2D eigenvalue weighted by atomic mass is 10.1. The average molecular weight is 528 g/mol. The van der Waals surface area contributed by atoms with Gasteiger partial charge in [0.05, 0.1) is 24.0 Å². The van der Waals surface area contributed by atoms with Gasteiger partial charge in [-0.15, -0.1) is 0 Å². The molecule has 2 amide bonds. The van der Waals surface area contributed by atoms with Crippen molar-refractivity contribution in [3.05, 3.63) is 45.2 Å². The van der Waals surface area contributed by atoms with Gasteiger partial charge in [-0.25, -0.2) is 4.98 Å². The Balaban J connectivity index is 1.63. The van der Waals surface area contributed by atoms with E-state index >= 15 is 0 Å². The Hall–Kier alpha value is -3.25. The largest absolute Gasteiger partial charge is 0.469 e. The highest BCUT2D eigenvalue weighted by atomic mass is 32.2. The van der Waals surface area contributed by atoms with Gasteiger partial charge in [0.25, 0.3) is 11.5 Å². The number of ether oxygens (including phenoxy) is 1. The van der Waals surface area contributed by atoms with E-state index in [1.54, 1.807) is 34.2 Å². The third-order valence-corrected chi connectivity index (χ3v) is 8.06. The second kappa shape index (κ2) is 10.0. The summed E-state index contributed by atoms with van der Waals surface area (Å²) in [7, 11) is 1.26. The Labute approximate surface area is 216 Å². The molecule has 0 radical (unpaired) electrons. The van der Waals surface area contributed by atoms with Crippen molar-refractivity contribution in [2.24, 2.45) is 0 Å². The number of amides is 2. The predicted octanol–water partition coefficient (Wildman–Crippen LogP) is 1.71. The molecular formula is C24H25N5O5S2. The van der Waals surface area contributed by atoms with Gasteiger partial charge in [-0.1, -0.05) is 42.9 Å². The zero-order valence-corrected chi connectivity index (χ0v) is 21.3. The van der Waals surface area contributed by atoms with Crippen LogP contribution in [0.3, 0.4) is 0 Å². The SMILES string of the molecule is COC(=O)C[C@H]1C(=O)NCCN1c1nc2ccccn2c(=O)c1/C=C1\SC(=S)N(C2CCCC2)C1=O. The van der Waals surface area contributed by atoms with Crippen LogP contribution in [0.15, 0.2) is 34.1 Å². The lowest BCUT2D eigenvalue weighted by Crippen LogP contribution is -2.57. The Bertz CT molecular complexity index is 1350. The number of anilines is 1. The quantitative estimate of drug-likeness (QED) is 0.353. The van der Waals surface area contributed by atoms with Gasteiger partial charge in [0, 0.05) is 25.3 Å². The topological polar surface area (TPSA) is 113 Å². The van der Waals surface area contributed by atoms with Crippen LogP contribution in [0, 0.1) is 0 Å². The zero-order chi connectivity index (χ0) is 25.4. The van der Waals surface area contributed by atoms with E-state index in [4.69, 9.17) is 21.9 Å². The number of fused-ring (bicyclic) bond motifs is 1. The second-order valence-electron chi connectivity index (χ2n) is 8.85. The highest BCUT2D eigenvalue weighted by molar-refractivity contribution is 8.26. The van der Waals surface area contributed by atoms with Crippen LogP contribution in [0.25, 0.3) is 11.7 Å². The first kappa shape index (κ1) is 24.4. The lowest BCUT2D eigenvalue weighted by molar-refractivity contribution is -0.143. The number of rotatable bonds is 5. The van der Waals surface area contributed by atoms with E-state index in [9.17, 15) is 19.2 Å². The summed E-state index contributed by atoms with van der Waals surface area (Å²) in [6.45, 7) is 0.641. The second-order valence-corrected chi connectivity index (χ2v) is 10.5. The molecule has 0 bridgehead atoms. The van der Waals surface area contributed by atoms with E-state index in [-0.39, 0.29) is 41.2 Å². The number of thioether (sulfide) groups is 1. The molecule has 1 aliphatic carbocycles. The average Bonchev–Trinajstić information content (AvgIpc) is 3.49. The van der Waals surface area contributed by atoms with E-state index in [1.165, 1.54) is 29.3 Å². The number of carbonyl (C=O) groups is 3. The van der Waals surface area contributed by atoms with Crippen LogP contribution in [0.2, 0.25) is 0 Å². The smallest absolute Gasteiger partial charge is 0.308 e. The minimum absolute atomic E-state index is 0.0777. The van der Waals surface area contributed by atoms with Crippen molar-refractivity contribution in [3.8, 4) is 0 Å². The first-order chi connectivity index (χ1) is 17.4. The number of pyridine rings is 1. The van der Waals surface area contributed by atoms with Crippen molar-refractivity contribution >= 4 is 63.6 Å². The number of piperazine rings is 1. The van der Waals surface area contributed by atoms with Crippen LogP contribution in [0.1, 0.15) is 37.7 Å². The molecule has 0 spiro atoms. The maximum absolute atomic E-state index is 13.7. The fourth-order valence-corrected chi connectivity index (χ4v) is 6.32. The van der Waals surface area contributed by atoms with E-state index in [1.807, 2.05) is 0 Å². The van der Waals surface area contributed by atoms with Crippen LogP contribution >= 0.6 is 24.0 Å². The molecular weight excluding hydrogens is 502 g/mol. The lowest BCUT2D eigenvalue weighted by Gasteiger charge is -2.36. The molecule has 1 saturated carbocycles. The fourth-order valence-electron chi connectivity index (χ4n) is 4.94. The molecule has 1 N–H and O–H groups in total. The molecule has 2 saturated heterocycles. The van der Waals surface area contributed by atoms with Gasteiger partial charge in [0.15, 0.2) is 0 Å². The summed E-state index contributed by atoms with van der Waals surface area (Å²) in [4.78, 5) is 60.2. The number of carbonyl (C=O) groups excluding carboxylic acids is 3. The first-order valence-corrected chi connectivity index (χ1v) is 13.0. The summed E-state index contributed by atoms with van der Waals surface area (Å²) in [5.74, 6) is -0.900. The number of methoxy groups -OCH3 is 1. The minimum Gasteiger partial charge on any atom is -0.469 e. The molecule has 1 atom stereocenters. The number of hydrogen-bond donors (Lipinski definition) is 1. The summed E-state index contributed by atoms with van der Waals surface area (Å²) >= 11 is 6.69. The van der Waals surface area contributed by atoms with Gasteiger partial charge in [0.1, 0.15) is 21.8 Å². The van der Waals surface area contributed by atoms with Gasteiger partial charge in [-0.2, -0.15) is 0 Å². The molecule has 2 aromatic rings. The molecule has 0 aromatic carbocycles. The Morgan fingerprint density at radius 1 is 1.28 bits per heavy atom. The first-order valence-electron chi connectivity index (χ1n) is 11.8. The molecule has 36 heavy (non-hydrogen) atoms. The van der Waals surface area contributed by atoms with Crippen molar-refractivity contribution in [2.45, 2.75) is 44.2 Å². The van der Waals surface area contributed by atoms with Gasteiger partial charge in [-0.3, -0.25) is 28.5 Å². The van der Waals surface area contributed by atoms with E-state index in [0.29, 0.717) is 28.0 Å². The highest BCUT2D eigenvalue weighted by Gasteiger charge is 2.39. The zero-order valence-electron chi connectivity index (χ0n) is 19.6. The summed E-state index contributed by atoms with van der Waals surface area (Å²) < 4.78 is 6.67. The van der Waals surface area contributed by atoms with E-state index in [0.717, 1.165) is 25.7 Å². The van der Waals surface area contributed by atoms with E-state index in [2.05, 4.69) is 5.32 Å². The maximum Gasteiger partial charge on any atom is 0.308 e. The molecule has 10 nitrogen and oxygen atoms in total. The Kier molecular flexibility index (Phi) is 6.80. The third kappa shape index (κ3) is 4.39. The molecule has 2 aliphatic heterocycles. The standard InChI is InChI=1S/C24H25N5O5S2/c1-34-19(30)13-16-21(31)25-9-11-27(16)20-15(22(32)28-10-5-4-8-18(28)26-20)12-17-23(33)29(24(35)36-17)14-6-2-3-7-14/h4-5,8,10,12,14,16H,2-3,6-7,9,11,13H2,1H3,(H,25,31)/b17-12-/t16-/m0/s1. The number of aromatic nitrogens is 2. The predicted molar refractivity (Wildman–Crippen MR) is 140 cm³/mol. The number of esters is 1. The molecule has 4 heterocycles. The Morgan fingerprint density at radius 2 is 2.06 bits per heavy atom. The van der Waals surface area contributed by atoms with Crippen LogP contribution < -0.4 is 15.8 Å². The van der Waals surface area contributed by atoms with Crippen molar-refractivity contribution in [1.29, 1.82) is 0 Å². The van der Waals surface area contributed by atoms with E-state index < -0.39 is 12.0 Å². The van der Waals surface area contributed by atoms with Gasteiger partial charge in [-0.05, 0) is 31.1 Å². The van der Waals surface area contributed by atoms with Gasteiger partial charge >= 0.3 is 5.97 Å². The van der Waals surface area contributed by atoms with Crippen LogP contribution in [0.4, 0.5) is 5.82 Å². The van der Waals surface area contributed by atoms with Gasteiger partial charge in [0.2, 0.25) is 5.91 Å². The summed E-state index contributed by atoms with van der Waals surface area (Å²) in [5, 5.41) is 2.76. The molecule has 5 rings (SSSR count).